The lowest BCUT2D eigenvalue weighted by molar-refractivity contribution is 0.0940. The highest BCUT2D eigenvalue weighted by molar-refractivity contribution is 6.36. The van der Waals surface area contributed by atoms with E-state index in [1.165, 1.54) is 12.8 Å². The number of benzene rings is 2. The zero-order chi connectivity index (χ0) is 25.3. The molecule has 0 spiro atoms. The molecule has 4 nitrogen and oxygen atoms in total. The third-order valence-corrected chi connectivity index (χ3v) is 7.88. The zero-order valence-electron chi connectivity index (χ0n) is 21.3. The monoisotopic (exact) mass is 511 g/mol. The van der Waals surface area contributed by atoms with E-state index < -0.39 is 0 Å². The minimum absolute atomic E-state index is 0.107. The van der Waals surface area contributed by atoms with E-state index in [-0.39, 0.29) is 11.7 Å². The van der Waals surface area contributed by atoms with E-state index in [0.29, 0.717) is 21.7 Å². The molecule has 0 atom stereocenters. The van der Waals surface area contributed by atoms with Gasteiger partial charge >= 0.3 is 0 Å². The first kappa shape index (κ1) is 25.9. The van der Waals surface area contributed by atoms with E-state index in [2.05, 4.69) is 35.4 Å². The minimum Gasteiger partial charge on any atom is -0.381 e. The molecule has 4 rings (SSSR count). The summed E-state index contributed by atoms with van der Waals surface area (Å²) in [5, 5.41) is 6.02. The van der Waals surface area contributed by atoms with E-state index in [1.807, 2.05) is 45.0 Å². The highest BCUT2D eigenvalue weighted by Gasteiger charge is 2.25. The number of fused-ring (bicyclic) bond motifs is 1. The van der Waals surface area contributed by atoms with E-state index >= 15 is 0 Å². The predicted molar refractivity (Wildman–Crippen MR) is 149 cm³/mol. The maximum Gasteiger partial charge on any atom is 0.169 e. The summed E-state index contributed by atoms with van der Waals surface area (Å²) >= 11 is 12.9. The molecule has 1 aliphatic carbocycles. The van der Waals surface area contributed by atoms with Crippen LogP contribution in [0.2, 0.25) is 10.0 Å². The standard InChI is InChI=1S/C29H35Cl2N3O/c1-17(2)29(35)24-15-32-27-11-8-20(21-13-25(30)18(3)26(31)14-21)12-23(27)28(24)33-22-9-6-19(7-10-22)16-34(4)5/h8,11-15,17,19,22H,6-7,9-10,16H2,1-5H3,(H,32,33). The molecular formula is C29H35Cl2N3O. The van der Waals surface area contributed by atoms with Crippen LogP contribution in [-0.4, -0.2) is 42.3 Å². The Bertz CT molecular complexity index is 1210. The van der Waals surface area contributed by atoms with Crippen molar-refractivity contribution in [3.8, 4) is 11.1 Å². The molecule has 2 aromatic carbocycles. The molecule has 0 unspecified atom stereocenters. The predicted octanol–water partition coefficient (Wildman–Crippen LogP) is 7.89. The highest BCUT2D eigenvalue weighted by atomic mass is 35.5. The van der Waals surface area contributed by atoms with Crippen molar-refractivity contribution in [1.82, 2.24) is 9.88 Å². The van der Waals surface area contributed by atoms with Gasteiger partial charge in [0.15, 0.2) is 5.78 Å². The van der Waals surface area contributed by atoms with Crippen LogP contribution in [0.25, 0.3) is 22.0 Å². The third-order valence-electron chi connectivity index (χ3n) is 7.09. The molecular weight excluding hydrogens is 477 g/mol. The van der Waals surface area contributed by atoms with Crippen LogP contribution in [0.4, 0.5) is 5.69 Å². The van der Waals surface area contributed by atoms with Gasteiger partial charge in [-0.05, 0) is 93.6 Å². The van der Waals surface area contributed by atoms with E-state index in [9.17, 15) is 4.79 Å². The van der Waals surface area contributed by atoms with Crippen LogP contribution in [0.15, 0.2) is 36.5 Å². The van der Waals surface area contributed by atoms with Gasteiger partial charge in [0, 0.05) is 40.1 Å². The lowest BCUT2D eigenvalue weighted by Gasteiger charge is -2.32. The molecule has 0 saturated heterocycles. The Hall–Kier alpha value is -2.14. The van der Waals surface area contributed by atoms with Crippen molar-refractivity contribution in [3.63, 3.8) is 0 Å². The number of hydrogen-bond acceptors (Lipinski definition) is 4. The average molecular weight is 513 g/mol. The maximum atomic E-state index is 13.2. The van der Waals surface area contributed by atoms with Crippen molar-refractivity contribution >= 4 is 45.6 Å². The first-order valence-corrected chi connectivity index (χ1v) is 13.2. The molecule has 1 fully saturated rings. The molecule has 1 heterocycles. The van der Waals surface area contributed by atoms with Crippen LogP contribution < -0.4 is 5.32 Å². The number of Topliss-reactive ketones (excluding diaryl/α,β-unsaturated/α-hetero) is 1. The summed E-state index contributed by atoms with van der Waals surface area (Å²) in [5.41, 5.74) is 5.24. The second-order valence-corrected chi connectivity index (χ2v) is 11.3. The summed E-state index contributed by atoms with van der Waals surface area (Å²) in [7, 11) is 4.28. The van der Waals surface area contributed by atoms with Crippen LogP contribution in [0, 0.1) is 18.8 Å². The largest absolute Gasteiger partial charge is 0.381 e. The number of halogens is 2. The Labute approximate surface area is 219 Å². The minimum atomic E-state index is -0.108. The number of rotatable bonds is 7. The summed E-state index contributed by atoms with van der Waals surface area (Å²) in [6.45, 7) is 6.93. The summed E-state index contributed by atoms with van der Waals surface area (Å²) in [5.74, 6) is 0.732. The van der Waals surface area contributed by atoms with Gasteiger partial charge in [-0.15, -0.1) is 0 Å². The molecule has 3 aromatic rings. The summed E-state index contributed by atoms with van der Waals surface area (Å²) < 4.78 is 0. The lowest BCUT2D eigenvalue weighted by atomic mass is 9.85. The number of pyridine rings is 1. The van der Waals surface area contributed by atoms with Gasteiger partial charge in [0.1, 0.15) is 0 Å². The average Bonchev–Trinajstić information content (AvgIpc) is 2.82. The van der Waals surface area contributed by atoms with Gasteiger partial charge in [-0.1, -0.05) is 43.1 Å². The first-order valence-electron chi connectivity index (χ1n) is 12.5. The van der Waals surface area contributed by atoms with Crippen LogP contribution in [-0.2, 0) is 0 Å². The molecule has 1 aromatic heterocycles. The van der Waals surface area contributed by atoms with Crippen molar-refractivity contribution in [3.05, 3.63) is 57.7 Å². The molecule has 0 amide bonds. The van der Waals surface area contributed by atoms with Crippen LogP contribution >= 0.6 is 23.2 Å². The number of anilines is 1. The maximum absolute atomic E-state index is 13.2. The van der Waals surface area contributed by atoms with Crippen molar-refractivity contribution < 1.29 is 4.79 Å². The summed E-state index contributed by atoms with van der Waals surface area (Å²) in [6, 6.07) is 10.4. The van der Waals surface area contributed by atoms with Gasteiger partial charge in [0.05, 0.1) is 16.8 Å². The fourth-order valence-corrected chi connectivity index (χ4v) is 5.53. The lowest BCUT2D eigenvalue weighted by Crippen LogP contribution is -2.31. The van der Waals surface area contributed by atoms with Gasteiger partial charge < -0.3 is 10.2 Å². The van der Waals surface area contributed by atoms with E-state index in [1.54, 1.807) is 6.20 Å². The van der Waals surface area contributed by atoms with Gasteiger partial charge in [0.25, 0.3) is 0 Å². The Morgan fingerprint density at radius 2 is 1.71 bits per heavy atom. The quantitative estimate of drug-likeness (QED) is 0.327. The van der Waals surface area contributed by atoms with Crippen LogP contribution in [0.3, 0.4) is 0 Å². The molecule has 0 aliphatic heterocycles. The van der Waals surface area contributed by atoms with Crippen molar-refractivity contribution in [2.75, 3.05) is 26.0 Å². The molecule has 35 heavy (non-hydrogen) atoms. The molecule has 0 radical (unpaired) electrons. The molecule has 186 valence electrons. The molecule has 0 bridgehead atoms. The topological polar surface area (TPSA) is 45.2 Å². The van der Waals surface area contributed by atoms with Crippen LogP contribution in [0.5, 0.6) is 0 Å². The smallest absolute Gasteiger partial charge is 0.169 e. The number of nitrogens with zero attached hydrogens (tertiary/aromatic N) is 2. The van der Waals surface area contributed by atoms with Gasteiger partial charge in [-0.25, -0.2) is 0 Å². The normalized spacial score (nSPS) is 18.4. The Morgan fingerprint density at radius 1 is 1.06 bits per heavy atom. The molecule has 1 N–H and O–H groups in total. The number of aromatic nitrogens is 1. The first-order chi connectivity index (χ1) is 16.6. The molecule has 1 aliphatic rings. The Kier molecular flexibility index (Phi) is 8.05. The van der Waals surface area contributed by atoms with Gasteiger partial charge in [-0.2, -0.15) is 0 Å². The second kappa shape index (κ2) is 10.9. The summed E-state index contributed by atoms with van der Waals surface area (Å²) in [4.78, 5) is 20.1. The van der Waals surface area contributed by atoms with E-state index in [0.717, 1.165) is 58.6 Å². The van der Waals surface area contributed by atoms with Crippen molar-refractivity contribution in [2.24, 2.45) is 11.8 Å². The van der Waals surface area contributed by atoms with E-state index in [4.69, 9.17) is 23.2 Å². The van der Waals surface area contributed by atoms with Crippen molar-refractivity contribution in [1.29, 1.82) is 0 Å². The third kappa shape index (κ3) is 5.82. The fraction of sp³-hybridized carbons (Fsp3) is 0.448. The van der Waals surface area contributed by atoms with Crippen molar-refractivity contribution in [2.45, 2.75) is 52.5 Å². The van der Waals surface area contributed by atoms with Gasteiger partial charge in [0.2, 0.25) is 0 Å². The molecule has 6 heteroatoms. The Balaban J connectivity index is 1.75. The number of carbonyl (C=O) groups excluding carboxylic acids is 1. The highest BCUT2D eigenvalue weighted by Crippen LogP contribution is 2.36. The summed E-state index contributed by atoms with van der Waals surface area (Å²) in [6.07, 6.45) is 6.32. The fourth-order valence-electron chi connectivity index (χ4n) is 5.05. The number of hydrogen-bond donors (Lipinski definition) is 1. The molecule has 1 saturated carbocycles. The van der Waals surface area contributed by atoms with Gasteiger partial charge in [-0.3, -0.25) is 9.78 Å². The van der Waals surface area contributed by atoms with Crippen LogP contribution in [0.1, 0.15) is 55.5 Å². The Morgan fingerprint density at radius 3 is 2.31 bits per heavy atom. The number of nitrogens with one attached hydrogen (secondary N) is 1. The number of ketones is 1. The zero-order valence-corrected chi connectivity index (χ0v) is 22.8. The SMILES string of the molecule is Cc1c(Cl)cc(-c2ccc3ncc(C(=O)C(C)C)c(NC4CCC(CN(C)C)CC4)c3c2)cc1Cl. The second-order valence-electron chi connectivity index (χ2n) is 10.5. The number of carbonyl (C=O) groups is 1.